The second-order valence-electron chi connectivity index (χ2n) is 6.14. The molecule has 6 heteroatoms. The molecule has 2 atom stereocenters. The zero-order valence-electron chi connectivity index (χ0n) is 15.1. The number of Topliss-reactive ketones (excluding diaryl/α,β-unsaturated/α-hetero) is 1. The molecule has 0 saturated heterocycles. The van der Waals surface area contributed by atoms with Gasteiger partial charge in [-0.1, -0.05) is 55.4 Å². The van der Waals surface area contributed by atoms with Crippen LogP contribution in [0.25, 0.3) is 21.6 Å². The molecule has 6 nitrogen and oxygen atoms in total. The smallest absolute Gasteiger partial charge is 0.251 e. The average molecular weight is 350 g/mol. The summed E-state index contributed by atoms with van der Waals surface area (Å²) in [5.74, 6) is -0.635. The first-order valence-electron chi connectivity index (χ1n) is 8.51. The minimum absolute atomic E-state index is 0.258. The highest BCUT2D eigenvalue weighted by molar-refractivity contribution is 5.98. The molecule has 0 aliphatic heterocycles. The van der Waals surface area contributed by atoms with Gasteiger partial charge < -0.3 is 5.32 Å². The Morgan fingerprint density at radius 2 is 1.62 bits per heavy atom. The van der Waals surface area contributed by atoms with Crippen molar-refractivity contribution < 1.29 is 9.59 Å². The predicted molar refractivity (Wildman–Crippen MR) is 102 cm³/mol. The first-order chi connectivity index (χ1) is 12.5. The molecule has 0 radical (unpaired) electrons. The van der Waals surface area contributed by atoms with E-state index in [1.807, 2.05) is 12.1 Å². The Morgan fingerprint density at radius 3 is 2.08 bits per heavy atom. The lowest BCUT2D eigenvalue weighted by Crippen LogP contribution is -2.46. The largest absolute Gasteiger partial charge is 0.342 e. The van der Waals surface area contributed by atoms with Crippen molar-refractivity contribution in [2.24, 2.45) is 5.11 Å². The van der Waals surface area contributed by atoms with Crippen LogP contribution in [0, 0.1) is 0 Å². The van der Waals surface area contributed by atoms with Crippen LogP contribution in [0.3, 0.4) is 0 Å². The number of nitrogens with one attached hydrogen (secondary N) is 1. The van der Waals surface area contributed by atoms with Crippen LogP contribution in [0.4, 0.5) is 0 Å². The van der Waals surface area contributed by atoms with Gasteiger partial charge in [-0.15, -0.1) is 0 Å². The lowest BCUT2D eigenvalue weighted by atomic mass is 10.0. The molecule has 2 aromatic rings. The van der Waals surface area contributed by atoms with E-state index in [1.54, 1.807) is 19.1 Å². The highest BCUT2D eigenvalue weighted by Gasteiger charge is 2.23. The van der Waals surface area contributed by atoms with E-state index < -0.39 is 12.1 Å². The van der Waals surface area contributed by atoms with Gasteiger partial charge in [-0.3, -0.25) is 9.59 Å². The second-order valence-corrected chi connectivity index (χ2v) is 6.14. The first kappa shape index (κ1) is 19.2. The number of aryl methyl sites for hydroxylation is 1. The summed E-state index contributed by atoms with van der Waals surface area (Å²) in [6.07, 6.45) is 0.991. The van der Waals surface area contributed by atoms with Crippen LogP contribution in [0.2, 0.25) is 0 Å². The van der Waals surface area contributed by atoms with Gasteiger partial charge in [0.1, 0.15) is 0 Å². The SMILES string of the molecule is CCc1ccc(-c2ccc(C(=O)N[C@H](C(C)=O)[C@@H](C)N=[N+]=[N-])cc2)cc1. The highest BCUT2D eigenvalue weighted by atomic mass is 16.2. The van der Waals surface area contributed by atoms with Crippen molar-refractivity contribution in [1.82, 2.24) is 5.32 Å². The Bertz CT molecular complexity index is 822. The minimum Gasteiger partial charge on any atom is -0.342 e. The molecule has 0 bridgehead atoms. The minimum atomic E-state index is -0.848. The van der Waals surface area contributed by atoms with Crippen LogP contribution in [0.1, 0.15) is 36.7 Å². The normalized spacial score (nSPS) is 12.6. The zero-order valence-corrected chi connectivity index (χ0v) is 15.1. The fourth-order valence-electron chi connectivity index (χ4n) is 2.68. The maximum atomic E-state index is 12.4. The van der Waals surface area contributed by atoms with E-state index in [0.29, 0.717) is 5.56 Å². The molecule has 1 amide bonds. The number of azide groups is 1. The van der Waals surface area contributed by atoms with Crippen LogP contribution >= 0.6 is 0 Å². The number of carbonyl (C=O) groups is 2. The first-order valence-corrected chi connectivity index (χ1v) is 8.51. The molecule has 0 fully saturated rings. The lowest BCUT2D eigenvalue weighted by Gasteiger charge is -2.19. The summed E-state index contributed by atoms with van der Waals surface area (Å²) in [4.78, 5) is 26.8. The lowest BCUT2D eigenvalue weighted by molar-refractivity contribution is -0.119. The molecule has 134 valence electrons. The summed E-state index contributed by atoms with van der Waals surface area (Å²) >= 11 is 0. The van der Waals surface area contributed by atoms with E-state index in [-0.39, 0.29) is 11.7 Å². The number of hydrogen-bond donors (Lipinski definition) is 1. The maximum Gasteiger partial charge on any atom is 0.251 e. The van der Waals surface area contributed by atoms with Crippen LogP contribution in [-0.2, 0) is 11.2 Å². The number of carbonyl (C=O) groups excluding carboxylic acids is 2. The van der Waals surface area contributed by atoms with E-state index in [2.05, 4.69) is 46.5 Å². The topological polar surface area (TPSA) is 94.9 Å². The molecule has 0 aliphatic rings. The fourth-order valence-corrected chi connectivity index (χ4v) is 2.68. The molecular formula is C20H22N4O2. The molecule has 0 aromatic heterocycles. The van der Waals surface area contributed by atoms with Crippen molar-refractivity contribution in [3.05, 3.63) is 70.1 Å². The number of ketones is 1. The average Bonchev–Trinajstić information content (AvgIpc) is 2.66. The van der Waals surface area contributed by atoms with Crippen molar-refractivity contribution in [2.75, 3.05) is 0 Å². The van der Waals surface area contributed by atoms with Gasteiger partial charge in [-0.05, 0) is 47.7 Å². The van der Waals surface area contributed by atoms with Crippen molar-refractivity contribution in [1.29, 1.82) is 0 Å². The summed E-state index contributed by atoms with van der Waals surface area (Å²) in [5, 5.41) is 6.14. The van der Waals surface area contributed by atoms with Crippen molar-refractivity contribution in [2.45, 2.75) is 39.3 Å². The van der Waals surface area contributed by atoms with E-state index in [4.69, 9.17) is 5.53 Å². The highest BCUT2D eigenvalue weighted by Crippen LogP contribution is 2.20. The van der Waals surface area contributed by atoms with Crippen LogP contribution in [-0.4, -0.2) is 23.8 Å². The number of benzene rings is 2. The second kappa shape index (κ2) is 8.83. The third kappa shape index (κ3) is 4.71. The van der Waals surface area contributed by atoms with E-state index in [0.717, 1.165) is 17.5 Å². The van der Waals surface area contributed by atoms with E-state index >= 15 is 0 Å². The van der Waals surface area contributed by atoms with E-state index in [9.17, 15) is 9.59 Å². The van der Waals surface area contributed by atoms with Gasteiger partial charge >= 0.3 is 0 Å². The number of amides is 1. The Kier molecular flexibility index (Phi) is 6.53. The third-order valence-corrected chi connectivity index (χ3v) is 4.28. The quantitative estimate of drug-likeness (QED) is 0.458. The number of nitrogens with zero attached hydrogens (tertiary/aromatic N) is 3. The van der Waals surface area contributed by atoms with Gasteiger partial charge in [0.2, 0.25) is 0 Å². The summed E-state index contributed by atoms with van der Waals surface area (Å²) in [7, 11) is 0. The summed E-state index contributed by atoms with van der Waals surface area (Å²) < 4.78 is 0. The van der Waals surface area contributed by atoms with Gasteiger partial charge in [0.15, 0.2) is 5.78 Å². The monoisotopic (exact) mass is 350 g/mol. The zero-order chi connectivity index (χ0) is 19.1. The predicted octanol–water partition coefficient (Wildman–Crippen LogP) is 4.30. The van der Waals surface area contributed by atoms with Gasteiger partial charge in [0.25, 0.3) is 5.91 Å². The molecule has 0 heterocycles. The molecule has 2 rings (SSSR count). The Balaban J connectivity index is 2.14. The molecule has 0 saturated carbocycles. The van der Waals surface area contributed by atoms with Gasteiger partial charge in [-0.25, -0.2) is 0 Å². The van der Waals surface area contributed by atoms with Gasteiger partial charge in [0, 0.05) is 10.5 Å². The Hall–Kier alpha value is -3.11. The molecule has 0 unspecified atom stereocenters. The van der Waals surface area contributed by atoms with E-state index in [1.165, 1.54) is 12.5 Å². The fraction of sp³-hybridized carbons (Fsp3) is 0.300. The summed E-state index contributed by atoms with van der Waals surface area (Å²) in [5.41, 5.74) is 12.3. The third-order valence-electron chi connectivity index (χ3n) is 4.28. The summed E-state index contributed by atoms with van der Waals surface area (Å²) in [6, 6.07) is 14.0. The molecule has 0 aliphatic carbocycles. The number of rotatable bonds is 7. The van der Waals surface area contributed by atoms with Crippen molar-refractivity contribution in [3.63, 3.8) is 0 Å². The molecule has 26 heavy (non-hydrogen) atoms. The maximum absolute atomic E-state index is 12.4. The molecular weight excluding hydrogens is 328 g/mol. The molecule has 0 spiro atoms. The Morgan fingerprint density at radius 1 is 1.08 bits per heavy atom. The van der Waals surface area contributed by atoms with Gasteiger partial charge in [0.05, 0.1) is 12.1 Å². The number of hydrogen-bond acceptors (Lipinski definition) is 3. The van der Waals surface area contributed by atoms with Crippen molar-refractivity contribution in [3.8, 4) is 11.1 Å². The van der Waals surface area contributed by atoms with Crippen LogP contribution in [0.15, 0.2) is 53.6 Å². The molecule has 1 N–H and O–H groups in total. The standard InChI is InChI=1S/C20H22N4O2/c1-4-15-5-7-16(8-6-15)17-9-11-18(12-10-17)20(26)22-19(14(3)25)13(2)23-24-21/h5-13,19H,4H2,1-3H3,(H,22,26)/t13-,19+/m1/s1. The van der Waals surface area contributed by atoms with Gasteiger partial charge in [-0.2, -0.15) is 0 Å². The Labute approximate surface area is 152 Å². The summed E-state index contributed by atoms with van der Waals surface area (Å²) in [6.45, 7) is 5.06. The molecule has 2 aromatic carbocycles. The van der Waals surface area contributed by atoms with Crippen LogP contribution in [0.5, 0.6) is 0 Å². The van der Waals surface area contributed by atoms with Crippen LogP contribution < -0.4 is 5.32 Å². The van der Waals surface area contributed by atoms with Crippen molar-refractivity contribution >= 4 is 11.7 Å².